The molecule has 7 nitrogen and oxygen atoms in total. The third-order valence-corrected chi connectivity index (χ3v) is 4.01. The molecular formula is C13H17ClN4O3. The fourth-order valence-electron chi connectivity index (χ4n) is 2.51. The SMILES string of the molecule is CC1CN(C)CCC1NC(=O)c1cc([N+](=O)[O-])cnc1Cl. The largest absolute Gasteiger partial charge is 0.349 e. The third kappa shape index (κ3) is 3.68. The van der Waals surface area contributed by atoms with Crippen LogP contribution in [0.1, 0.15) is 23.7 Å². The first kappa shape index (κ1) is 15.7. The van der Waals surface area contributed by atoms with E-state index in [0.717, 1.165) is 31.8 Å². The van der Waals surface area contributed by atoms with E-state index in [4.69, 9.17) is 11.6 Å². The number of carbonyl (C=O) groups is 1. The molecule has 2 heterocycles. The molecule has 1 aliphatic heterocycles. The highest BCUT2D eigenvalue weighted by molar-refractivity contribution is 6.32. The van der Waals surface area contributed by atoms with Crippen molar-refractivity contribution in [3.63, 3.8) is 0 Å². The smallest absolute Gasteiger partial charge is 0.288 e. The number of carbonyl (C=O) groups excluding carboxylic acids is 1. The normalized spacial score (nSPS) is 22.8. The summed E-state index contributed by atoms with van der Waals surface area (Å²) in [4.78, 5) is 28.3. The molecule has 1 aromatic rings. The average Bonchev–Trinajstić information content (AvgIpc) is 2.42. The number of hydrogen-bond acceptors (Lipinski definition) is 5. The molecule has 1 amide bonds. The quantitative estimate of drug-likeness (QED) is 0.521. The van der Waals surface area contributed by atoms with Gasteiger partial charge in [0.15, 0.2) is 0 Å². The Morgan fingerprint density at radius 1 is 1.62 bits per heavy atom. The van der Waals surface area contributed by atoms with Gasteiger partial charge in [-0.3, -0.25) is 14.9 Å². The van der Waals surface area contributed by atoms with Crippen LogP contribution in [0.2, 0.25) is 5.15 Å². The average molecular weight is 313 g/mol. The van der Waals surface area contributed by atoms with Crippen LogP contribution in [0.15, 0.2) is 12.3 Å². The van der Waals surface area contributed by atoms with E-state index in [2.05, 4.69) is 22.1 Å². The van der Waals surface area contributed by atoms with Crippen molar-refractivity contribution in [3.05, 3.63) is 33.1 Å². The minimum absolute atomic E-state index is 0.0290. The lowest BCUT2D eigenvalue weighted by molar-refractivity contribution is -0.385. The summed E-state index contributed by atoms with van der Waals surface area (Å²) in [6.07, 6.45) is 1.88. The van der Waals surface area contributed by atoms with Crippen LogP contribution in [-0.4, -0.2) is 46.9 Å². The molecule has 114 valence electrons. The molecule has 0 saturated carbocycles. The number of nitrogens with one attached hydrogen (secondary N) is 1. The minimum Gasteiger partial charge on any atom is -0.349 e. The highest BCUT2D eigenvalue weighted by atomic mass is 35.5. The number of nitrogens with zero attached hydrogens (tertiary/aromatic N) is 3. The molecule has 0 bridgehead atoms. The van der Waals surface area contributed by atoms with Gasteiger partial charge in [-0.05, 0) is 25.9 Å². The molecule has 2 unspecified atom stereocenters. The van der Waals surface area contributed by atoms with Crippen LogP contribution in [0.4, 0.5) is 5.69 Å². The summed E-state index contributed by atoms with van der Waals surface area (Å²) >= 11 is 5.87. The van der Waals surface area contributed by atoms with Crippen molar-refractivity contribution in [1.29, 1.82) is 0 Å². The Hall–Kier alpha value is -1.73. The van der Waals surface area contributed by atoms with E-state index in [1.54, 1.807) is 0 Å². The summed E-state index contributed by atoms with van der Waals surface area (Å²) in [6.45, 7) is 3.86. The summed E-state index contributed by atoms with van der Waals surface area (Å²) in [5.41, 5.74) is -0.210. The Morgan fingerprint density at radius 3 is 2.95 bits per heavy atom. The zero-order chi connectivity index (χ0) is 15.6. The molecule has 0 aliphatic carbocycles. The van der Waals surface area contributed by atoms with Crippen LogP contribution in [-0.2, 0) is 0 Å². The fraction of sp³-hybridized carbons (Fsp3) is 0.538. The third-order valence-electron chi connectivity index (χ3n) is 3.70. The molecule has 1 aromatic heterocycles. The second-order valence-corrected chi connectivity index (χ2v) is 5.76. The van der Waals surface area contributed by atoms with Gasteiger partial charge in [0.25, 0.3) is 11.6 Å². The lowest BCUT2D eigenvalue weighted by atomic mass is 9.94. The molecule has 1 saturated heterocycles. The van der Waals surface area contributed by atoms with E-state index in [1.165, 1.54) is 0 Å². The first-order valence-electron chi connectivity index (χ1n) is 6.68. The summed E-state index contributed by atoms with van der Waals surface area (Å²) in [5, 5.41) is 13.6. The highest BCUT2D eigenvalue weighted by Crippen LogP contribution is 2.21. The Labute approximate surface area is 127 Å². The van der Waals surface area contributed by atoms with Gasteiger partial charge in [0.2, 0.25) is 0 Å². The molecule has 21 heavy (non-hydrogen) atoms. The standard InChI is InChI=1S/C13H17ClN4O3/c1-8-7-17(2)4-3-11(8)16-13(19)10-5-9(18(20)21)6-15-12(10)14/h5-6,8,11H,3-4,7H2,1-2H3,(H,16,19). The summed E-state index contributed by atoms with van der Waals surface area (Å²) in [5.74, 6) is -0.115. The van der Waals surface area contributed by atoms with E-state index >= 15 is 0 Å². The predicted molar refractivity (Wildman–Crippen MR) is 78.4 cm³/mol. The zero-order valence-corrected chi connectivity index (χ0v) is 12.6. The molecule has 1 fully saturated rings. The van der Waals surface area contributed by atoms with Gasteiger partial charge < -0.3 is 10.2 Å². The molecule has 0 spiro atoms. The lowest BCUT2D eigenvalue weighted by Crippen LogP contribution is -2.48. The number of halogens is 1. The molecule has 8 heteroatoms. The molecule has 2 rings (SSSR count). The maximum absolute atomic E-state index is 12.3. The number of nitro groups is 1. The topological polar surface area (TPSA) is 88.4 Å². The summed E-state index contributed by atoms with van der Waals surface area (Å²) < 4.78 is 0. The van der Waals surface area contributed by atoms with Crippen molar-refractivity contribution in [3.8, 4) is 0 Å². The Kier molecular flexibility index (Phi) is 4.74. The van der Waals surface area contributed by atoms with Crippen LogP contribution in [0.5, 0.6) is 0 Å². The molecule has 1 aliphatic rings. The Bertz CT molecular complexity index is 566. The molecule has 0 aromatic carbocycles. The van der Waals surface area contributed by atoms with E-state index < -0.39 is 10.8 Å². The van der Waals surface area contributed by atoms with Crippen molar-refractivity contribution >= 4 is 23.2 Å². The Balaban J connectivity index is 2.13. The van der Waals surface area contributed by atoms with Gasteiger partial charge in [-0.1, -0.05) is 18.5 Å². The molecule has 2 atom stereocenters. The monoisotopic (exact) mass is 312 g/mol. The Morgan fingerprint density at radius 2 is 2.33 bits per heavy atom. The van der Waals surface area contributed by atoms with Crippen molar-refractivity contribution in [1.82, 2.24) is 15.2 Å². The van der Waals surface area contributed by atoms with Crippen LogP contribution < -0.4 is 5.32 Å². The lowest BCUT2D eigenvalue weighted by Gasteiger charge is -2.35. The van der Waals surface area contributed by atoms with E-state index in [1.807, 2.05) is 7.05 Å². The van der Waals surface area contributed by atoms with Crippen molar-refractivity contribution in [2.24, 2.45) is 5.92 Å². The van der Waals surface area contributed by atoms with Crippen LogP contribution in [0, 0.1) is 16.0 Å². The van der Waals surface area contributed by atoms with Gasteiger partial charge in [-0.2, -0.15) is 0 Å². The zero-order valence-electron chi connectivity index (χ0n) is 11.9. The molecule has 1 N–H and O–H groups in total. The highest BCUT2D eigenvalue weighted by Gasteiger charge is 2.27. The molecule has 0 radical (unpaired) electrons. The van der Waals surface area contributed by atoms with Gasteiger partial charge in [-0.15, -0.1) is 0 Å². The van der Waals surface area contributed by atoms with Crippen LogP contribution >= 0.6 is 11.6 Å². The number of piperidine rings is 1. The number of likely N-dealkylation sites (tertiary alicyclic amines) is 1. The van der Waals surface area contributed by atoms with Crippen molar-refractivity contribution < 1.29 is 9.72 Å². The van der Waals surface area contributed by atoms with Crippen LogP contribution in [0.3, 0.4) is 0 Å². The predicted octanol–water partition coefficient (Wildman–Crippen LogP) is 1.71. The minimum atomic E-state index is -0.599. The number of aromatic nitrogens is 1. The molecular weight excluding hydrogens is 296 g/mol. The maximum atomic E-state index is 12.3. The number of pyridine rings is 1. The van der Waals surface area contributed by atoms with Gasteiger partial charge in [0.05, 0.1) is 10.5 Å². The maximum Gasteiger partial charge on any atom is 0.288 e. The van der Waals surface area contributed by atoms with Gasteiger partial charge in [0.1, 0.15) is 11.3 Å². The first-order chi connectivity index (χ1) is 9.88. The second-order valence-electron chi connectivity index (χ2n) is 5.40. The van der Waals surface area contributed by atoms with Gasteiger partial charge in [-0.25, -0.2) is 4.98 Å². The van der Waals surface area contributed by atoms with E-state index in [9.17, 15) is 14.9 Å². The van der Waals surface area contributed by atoms with Gasteiger partial charge in [0, 0.05) is 18.7 Å². The van der Waals surface area contributed by atoms with Gasteiger partial charge >= 0.3 is 0 Å². The fourth-order valence-corrected chi connectivity index (χ4v) is 2.70. The van der Waals surface area contributed by atoms with Crippen LogP contribution in [0.25, 0.3) is 0 Å². The number of rotatable bonds is 3. The van der Waals surface area contributed by atoms with E-state index in [0.29, 0.717) is 5.92 Å². The number of amides is 1. The van der Waals surface area contributed by atoms with Crippen molar-refractivity contribution in [2.75, 3.05) is 20.1 Å². The summed E-state index contributed by atoms with van der Waals surface area (Å²) in [6, 6.07) is 1.19. The first-order valence-corrected chi connectivity index (χ1v) is 7.05. The number of hydrogen-bond donors (Lipinski definition) is 1. The second kappa shape index (κ2) is 6.36. The summed E-state index contributed by atoms with van der Waals surface area (Å²) in [7, 11) is 2.04. The van der Waals surface area contributed by atoms with Crippen molar-refractivity contribution in [2.45, 2.75) is 19.4 Å². The van der Waals surface area contributed by atoms with E-state index in [-0.39, 0.29) is 22.4 Å².